The van der Waals surface area contributed by atoms with Gasteiger partial charge in [-0.15, -0.1) is 0 Å². The maximum Gasteiger partial charge on any atom is 0.311 e. The SMILES string of the molecule is Cc1cccc(OC(=O)CCCCCCCCC(=O)O)c1. The molecule has 1 aromatic carbocycles. The molecular formula is C17H24O4. The molecule has 0 aliphatic rings. The monoisotopic (exact) mass is 292 g/mol. The number of carboxylic acids is 1. The van der Waals surface area contributed by atoms with Crippen molar-refractivity contribution in [2.24, 2.45) is 0 Å². The van der Waals surface area contributed by atoms with Crippen molar-refractivity contribution in [3.63, 3.8) is 0 Å². The van der Waals surface area contributed by atoms with Crippen LogP contribution in [0.2, 0.25) is 0 Å². The van der Waals surface area contributed by atoms with E-state index in [0.717, 1.165) is 44.1 Å². The van der Waals surface area contributed by atoms with Gasteiger partial charge in [-0.3, -0.25) is 9.59 Å². The number of aryl methyl sites for hydroxylation is 1. The van der Waals surface area contributed by atoms with Gasteiger partial charge in [0.1, 0.15) is 5.75 Å². The maximum absolute atomic E-state index is 11.6. The van der Waals surface area contributed by atoms with Crippen molar-refractivity contribution >= 4 is 11.9 Å². The van der Waals surface area contributed by atoms with Crippen LogP contribution in [0.1, 0.15) is 56.9 Å². The van der Waals surface area contributed by atoms with E-state index in [2.05, 4.69) is 0 Å². The van der Waals surface area contributed by atoms with Crippen LogP contribution in [0.15, 0.2) is 24.3 Å². The lowest BCUT2D eigenvalue weighted by molar-refractivity contribution is -0.137. The Bertz CT molecular complexity index is 454. The molecule has 0 saturated carbocycles. The summed E-state index contributed by atoms with van der Waals surface area (Å²) in [5.41, 5.74) is 1.07. The van der Waals surface area contributed by atoms with Gasteiger partial charge in [0.25, 0.3) is 0 Å². The van der Waals surface area contributed by atoms with Crippen LogP contribution in [0.25, 0.3) is 0 Å². The Kier molecular flexibility index (Phi) is 8.17. The molecule has 0 saturated heterocycles. The van der Waals surface area contributed by atoms with Crippen LogP contribution in [-0.4, -0.2) is 17.0 Å². The summed E-state index contributed by atoms with van der Waals surface area (Å²) in [6.07, 6.45) is 6.24. The third-order valence-corrected chi connectivity index (χ3v) is 3.24. The topological polar surface area (TPSA) is 63.6 Å². The molecule has 0 spiro atoms. The molecule has 0 aliphatic heterocycles. The Hall–Kier alpha value is -1.84. The van der Waals surface area contributed by atoms with E-state index in [4.69, 9.17) is 9.84 Å². The standard InChI is InChI=1S/C17H24O4/c1-14-9-8-10-15(13-14)21-17(20)12-7-5-3-2-4-6-11-16(18)19/h8-10,13H,2-7,11-12H2,1H3,(H,18,19). The van der Waals surface area contributed by atoms with Crippen molar-refractivity contribution in [3.05, 3.63) is 29.8 Å². The number of benzene rings is 1. The zero-order valence-corrected chi connectivity index (χ0v) is 12.6. The Morgan fingerprint density at radius 3 is 2.24 bits per heavy atom. The van der Waals surface area contributed by atoms with Gasteiger partial charge in [-0.1, -0.05) is 37.8 Å². The van der Waals surface area contributed by atoms with Gasteiger partial charge in [-0.2, -0.15) is 0 Å². The zero-order valence-electron chi connectivity index (χ0n) is 12.6. The lowest BCUT2D eigenvalue weighted by Gasteiger charge is -2.05. The van der Waals surface area contributed by atoms with Crippen molar-refractivity contribution in [2.75, 3.05) is 0 Å². The van der Waals surface area contributed by atoms with Gasteiger partial charge < -0.3 is 9.84 Å². The fourth-order valence-corrected chi connectivity index (χ4v) is 2.11. The molecule has 0 amide bonds. The summed E-state index contributed by atoms with van der Waals surface area (Å²) in [6, 6.07) is 7.46. The lowest BCUT2D eigenvalue weighted by Crippen LogP contribution is -2.07. The molecule has 21 heavy (non-hydrogen) atoms. The van der Waals surface area contributed by atoms with Gasteiger partial charge in [-0.05, 0) is 37.5 Å². The van der Waals surface area contributed by atoms with Crippen LogP contribution < -0.4 is 4.74 Å². The molecule has 0 bridgehead atoms. The first-order valence-electron chi connectivity index (χ1n) is 7.57. The zero-order chi connectivity index (χ0) is 15.5. The minimum Gasteiger partial charge on any atom is -0.481 e. The number of aliphatic carboxylic acids is 1. The van der Waals surface area contributed by atoms with Crippen molar-refractivity contribution in [2.45, 2.75) is 58.3 Å². The summed E-state index contributed by atoms with van der Waals surface area (Å²) >= 11 is 0. The minimum atomic E-state index is -0.728. The van der Waals surface area contributed by atoms with Gasteiger partial charge in [-0.25, -0.2) is 0 Å². The number of ether oxygens (including phenoxy) is 1. The van der Waals surface area contributed by atoms with E-state index in [9.17, 15) is 9.59 Å². The number of esters is 1. The van der Waals surface area contributed by atoms with Crippen molar-refractivity contribution in [1.29, 1.82) is 0 Å². The van der Waals surface area contributed by atoms with Gasteiger partial charge in [0.15, 0.2) is 0 Å². The number of unbranched alkanes of at least 4 members (excludes halogenated alkanes) is 5. The van der Waals surface area contributed by atoms with Gasteiger partial charge in [0.05, 0.1) is 0 Å². The lowest BCUT2D eigenvalue weighted by atomic mass is 10.1. The highest BCUT2D eigenvalue weighted by Crippen LogP contribution is 2.14. The fourth-order valence-electron chi connectivity index (χ4n) is 2.11. The molecule has 1 aromatic rings. The molecule has 0 atom stereocenters. The summed E-state index contributed by atoms with van der Waals surface area (Å²) in [6.45, 7) is 1.96. The minimum absolute atomic E-state index is 0.188. The van der Waals surface area contributed by atoms with E-state index in [-0.39, 0.29) is 12.4 Å². The molecular weight excluding hydrogens is 268 g/mol. The first kappa shape index (κ1) is 17.2. The normalized spacial score (nSPS) is 10.3. The highest BCUT2D eigenvalue weighted by atomic mass is 16.5. The van der Waals surface area contributed by atoms with E-state index in [0.29, 0.717) is 12.2 Å². The summed E-state index contributed by atoms with van der Waals surface area (Å²) in [4.78, 5) is 22.0. The molecule has 4 nitrogen and oxygen atoms in total. The highest BCUT2D eigenvalue weighted by molar-refractivity contribution is 5.72. The van der Waals surface area contributed by atoms with Crippen LogP contribution in [0.4, 0.5) is 0 Å². The van der Waals surface area contributed by atoms with Crippen LogP contribution in [0, 0.1) is 6.92 Å². The van der Waals surface area contributed by atoms with Crippen molar-refractivity contribution in [3.8, 4) is 5.75 Å². The molecule has 0 aromatic heterocycles. The molecule has 4 heteroatoms. The predicted octanol–water partition coefficient (Wildman–Crippen LogP) is 4.11. The molecule has 1 N–H and O–H groups in total. The Morgan fingerprint density at radius 1 is 1.00 bits per heavy atom. The fraction of sp³-hybridized carbons (Fsp3) is 0.529. The molecule has 0 heterocycles. The smallest absolute Gasteiger partial charge is 0.311 e. The first-order valence-corrected chi connectivity index (χ1v) is 7.57. The molecule has 1 rings (SSSR count). The van der Waals surface area contributed by atoms with Crippen LogP contribution >= 0.6 is 0 Å². The molecule has 116 valence electrons. The van der Waals surface area contributed by atoms with Gasteiger partial charge in [0.2, 0.25) is 0 Å². The second kappa shape index (κ2) is 9.97. The van der Waals surface area contributed by atoms with Crippen LogP contribution in [0.5, 0.6) is 5.75 Å². The summed E-state index contributed by atoms with van der Waals surface area (Å²) < 4.78 is 5.26. The summed E-state index contributed by atoms with van der Waals surface area (Å²) in [5.74, 6) is -0.311. The summed E-state index contributed by atoms with van der Waals surface area (Å²) in [5, 5.41) is 8.50. The molecule has 0 unspecified atom stereocenters. The first-order chi connectivity index (χ1) is 10.1. The molecule has 0 radical (unpaired) electrons. The Labute approximate surface area is 126 Å². The van der Waals surface area contributed by atoms with E-state index in [1.807, 2.05) is 25.1 Å². The third-order valence-electron chi connectivity index (χ3n) is 3.24. The average Bonchev–Trinajstić information content (AvgIpc) is 2.41. The summed E-state index contributed by atoms with van der Waals surface area (Å²) in [7, 11) is 0. The number of carbonyl (C=O) groups is 2. The van der Waals surface area contributed by atoms with Crippen molar-refractivity contribution in [1.82, 2.24) is 0 Å². The number of hydrogen-bond acceptors (Lipinski definition) is 3. The van der Waals surface area contributed by atoms with E-state index in [1.165, 1.54) is 0 Å². The number of carbonyl (C=O) groups excluding carboxylic acids is 1. The molecule has 0 aliphatic carbocycles. The van der Waals surface area contributed by atoms with E-state index < -0.39 is 5.97 Å². The van der Waals surface area contributed by atoms with E-state index >= 15 is 0 Å². The highest BCUT2D eigenvalue weighted by Gasteiger charge is 2.04. The second-order valence-electron chi connectivity index (χ2n) is 5.31. The van der Waals surface area contributed by atoms with Gasteiger partial charge >= 0.3 is 11.9 Å². The number of carboxylic acid groups (broad SMARTS) is 1. The van der Waals surface area contributed by atoms with Crippen LogP contribution in [0.3, 0.4) is 0 Å². The molecule has 0 fully saturated rings. The van der Waals surface area contributed by atoms with Gasteiger partial charge in [0, 0.05) is 12.8 Å². The Morgan fingerprint density at radius 2 is 1.62 bits per heavy atom. The average molecular weight is 292 g/mol. The van der Waals surface area contributed by atoms with Crippen LogP contribution in [-0.2, 0) is 9.59 Å². The maximum atomic E-state index is 11.6. The predicted molar refractivity (Wildman–Crippen MR) is 81.4 cm³/mol. The quantitative estimate of drug-likeness (QED) is 0.400. The number of hydrogen-bond donors (Lipinski definition) is 1. The number of rotatable bonds is 10. The second-order valence-corrected chi connectivity index (χ2v) is 5.31. The Balaban J connectivity index is 2.02. The largest absolute Gasteiger partial charge is 0.481 e. The third kappa shape index (κ3) is 8.84. The van der Waals surface area contributed by atoms with Crippen molar-refractivity contribution < 1.29 is 19.4 Å². The van der Waals surface area contributed by atoms with E-state index in [1.54, 1.807) is 6.07 Å².